The quantitative estimate of drug-likeness (QED) is 0.0805. The molecule has 0 aliphatic rings. The maximum absolute atomic E-state index is 6.60. The number of hydrogen-bond donors (Lipinski definition) is 2. The van der Waals surface area contributed by atoms with Crippen molar-refractivity contribution in [2.75, 3.05) is 0 Å². The van der Waals surface area contributed by atoms with E-state index in [9.17, 15) is 0 Å². The van der Waals surface area contributed by atoms with Crippen molar-refractivity contribution >= 4 is 49.6 Å². The van der Waals surface area contributed by atoms with E-state index < -0.39 is 0 Å². The molecule has 0 unspecified atom stereocenters. The molecule has 0 atom stereocenters. The van der Waals surface area contributed by atoms with Crippen LogP contribution in [0, 0.1) is 0 Å². The maximum Gasteiger partial charge on any atom is 0.157 e. The number of benzene rings is 7. The van der Waals surface area contributed by atoms with E-state index in [0.29, 0.717) is 18.2 Å². The molecule has 0 aliphatic heterocycles. The molecule has 0 bridgehead atoms. The number of hydrogen-bond acceptors (Lipinski definition) is 2. The van der Waals surface area contributed by atoms with Crippen LogP contribution < -0.4 is 11.5 Å². The molecule has 0 saturated heterocycles. The molecule has 0 fully saturated rings. The summed E-state index contributed by atoms with van der Waals surface area (Å²) in [7, 11) is 0. The molecule has 0 amide bonds. The van der Waals surface area contributed by atoms with E-state index in [0.717, 1.165) is 39.0 Å². The number of fused-ring (bicyclic) bond motifs is 6. The van der Waals surface area contributed by atoms with E-state index in [1.165, 1.54) is 32.3 Å². The second kappa shape index (κ2) is 13.6. The van der Waals surface area contributed by atoms with Crippen LogP contribution in [0.1, 0.15) is 29.2 Å². The van der Waals surface area contributed by atoms with E-state index in [4.69, 9.17) is 21.5 Å². The summed E-state index contributed by atoms with van der Waals surface area (Å²) < 4.78 is 0. The Morgan fingerprint density at radius 1 is 0.562 bits per heavy atom. The highest BCUT2D eigenvalue weighted by molar-refractivity contribution is 6.25. The van der Waals surface area contributed by atoms with Crippen LogP contribution in [0.4, 0.5) is 0 Å². The van der Waals surface area contributed by atoms with Gasteiger partial charge in [0, 0.05) is 11.1 Å². The molecule has 0 aliphatic carbocycles. The van der Waals surface area contributed by atoms with Crippen molar-refractivity contribution in [2.24, 2.45) is 21.5 Å². The summed E-state index contributed by atoms with van der Waals surface area (Å²) in [6.45, 7) is 2.49. The SMILES string of the molecule is C/C=C(\C=C/N)c1ccc(C(N)=NC(=NCc2ccccc2)c2ccc(-c3ccc4c5ccccc5c5ccccc5c4c3)cc2)cc1. The van der Waals surface area contributed by atoms with Crippen LogP contribution in [0.3, 0.4) is 0 Å². The number of rotatable bonds is 7. The Kier molecular flexibility index (Phi) is 8.62. The summed E-state index contributed by atoms with van der Waals surface area (Å²) in [5.74, 6) is 0.991. The van der Waals surface area contributed by atoms with Crippen molar-refractivity contribution in [3.63, 3.8) is 0 Å². The fourth-order valence-corrected chi connectivity index (χ4v) is 6.31. The third-order valence-corrected chi connectivity index (χ3v) is 8.80. The first-order valence-electron chi connectivity index (χ1n) is 16.1. The van der Waals surface area contributed by atoms with Crippen molar-refractivity contribution < 1.29 is 0 Å². The number of allylic oxidation sites excluding steroid dienone is 3. The van der Waals surface area contributed by atoms with Crippen LogP contribution >= 0.6 is 0 Å². The van der Waals surface area contributed by atoms with Crippen LogP contribution in [-0.2, 0) is 6.54 Å². The van der Waals surface area contributed by atoms with Crippen molar-refractivity contribution in [3.05, 3.63) is 186 Å². The number of nitrogens with zero attached hydrogens (tertiary/aromatic N) is 2. The van der Waals surface area contributed by atoms with Gasteiger partial charge in [0.25, 0.3) is 0 Å². The zero-order chi connectivity index (χ0) is 32.9. The van der Waals surface area contributed by atoms with Gasteiger partial charge in [-0.1, -0.05) is 146 Å². The van der Waals surface area contributed by atoms with Gasteiger partial charge in [0.1, 0.15) is 5.84 Å². The Hall–Kier alpha value is -6.26. The fraction of sp³-hybridized carbons (Fsp3) is 0.0455. The van der Waals surface area contributed by atoms with Crippen LogP contribution in [0.2, 0.25) is 0 Å². The van der Waals surface area contributed by atoms with Crippen LogP contribution in [-0.4, -0.2) is 11.7 Å². The summed E-state index contributed by atoms with van der Waals surface area (Å²) in [5.41, 5.74) is 19.4. The highest BCUT2D eigenvalue weighted by Crippen LogP contribution is 2.37. The Bertz CT molecular complexity index is 2330. The first-order valence-corrected chi connectivity index (χ1v) is 16.1. The average molecular weight is 621 g/mol. The fourth-order valence-electron chi connectivity index (χ4n) is 6.31. The minimum absolute atomic E-state index is 0.405. The van der Waals surface area contributed by atoms with Gasteiger partial charge in [0.2, 0.25) is 0 Å². The second-order valence-electron chi connectivity index (χ2n) is 11.7. The van der Waals surface area contributed by atoms with Crippen molar-refractivity contribution in [1.82, 2.24) is 0 Å². The third kappa shape index (κ3) is 6.12. The van der Waals surface area contributed by atoms with Gasteiger partial charge in [-0.15, -0.1) is 0 Å². The van der Waals surface area contributed by atoms with E-state index in [1.807, 2.05) is 61.5 Å². The lowest BCUT2D eigenvalue weighted by Gasteiger charge is -2.12. The molecule has 0 radical (unpaired) electrons. The molecule has 4 nitrogen and oxygen atoms in total. The molecule has 0 aromatic heterocycles. The van der Waals surface area contributed by atoms with Crippen LogP contribution in [0.15, 0.2) is 174 Å². The van der Waals surface area contributed by atoms with Gasteiger partial charge in [-0.05, 0) is 85.4 Å². The van der Waals surface area contributed by atoms with Gasteiger partial charge in [-0.2, -0.15) is 0 Å². The molecule has 4 N–H and O–H groups in total. The second-order valence-corrected chi connectivity index (χ2v) is 11.7. The Morgan fingerprint density at radius 3 is 1.69 bits per heavy atom. The zero-order valence-electron chi connectivity index (χ0n) is 26.8. The summed E-state index contributed by atoms with van der Waals surface area (Å²) in [5, 5.41) is 7.59. The average Bonchev–Trinajstić information content (AvgIpc) is 3.16. The molecule has 0 heterocycles. The largest absolute Gasteiger partial charge is 0.405 e. The first-order chi connectivity index (χ1) is 23.6. The van der Waals surface area contributed by atoms with E-state index in [-0.39, 0.29) is 0 Å². The summed E-state index contributed by atoms with van der Waals surface area (Å²) in [6.07, 6.45) is 5.45. The highest BCUT2D eigenvalue weighted by Gasteiger charge is 2.11. The summed E-state index contributed by atoms with van der Waals surface area (Å²) >= 11 is 0. The topological polar surface area (TPSA) is 76.8 Å². The molecule has 7 aromatic rings. The molecular weight excluding hydrogens is 585 g/mol. The monoisotopic (exact) mass is 620 g/mol. The predicted molar refractivity (Wildman–Crippen MR) is 205 cm³/mol. The van der Waals surface area contributed by atoms with E-state index in [2.05, 4.69) is 103 Å². The van der Waals surface area contributed by atoms with Gasteiger partial charge in [0.15, 0.2) is 5.84 Å². The maximum atomic E-state index is 6.60. The van der Waals surface area contributed by atoms with E-state index in [1.54, 1.807) is 6.20 Å². The molecule has 232 valence electrons. The van der Waals surface area contributed by atoms with Crippen molar-refractivity contribution in [1.29, 1.82) is 0 Å². The minimum atomic E-state index is 0.405. The lowest BCUT2D eigenvalue weighted by Crippen LogP contribution is -2.16. The minimum Gasteiger partial charge on any atom is -0.405 e. The smallest absolute Gasteiger partial charge is 0.157 e. The summed E-state index contributed by atoms with van der Waals surface area (Å²) in [6, 6.07) is 50.7. The molecule has 4 heteroatoms. The Balaban J connectivity index is 1.25. The van der Waals surface area contributed by atoms with Gasteiger partial charge in [0.05, 0.1) is 6.54 Å². The number of aliphatic imine (C=N–C) groups is 2. The van der Waals surface area contributed by atoms with Crippen LogP contribution in [0.25, 0.3) is 49.0 Å². The van der Waals surface area contributed by atoms with Crippen molar-refractivity contribution in [2.45, 2.75) is 13.5 Å². The molecular formula is C44H36N4. The van der Waals surface area contributed by atoms with Gasteiger partial charge >= 0.3 is 0 Å². The predicted octanol–water partition coefficient (Wildman–Crippen LogP) is 10.0. The molecule has 48 heavy (non-hydrogen) atoms. The Morgan fingerprint density at radius 2 is 1.08 bits per heavy atom. The van der Waals surface area contributed by atoms with Gasteiger partial charge in [-0.3, -0.25) is 4.99 Å². The number of amidine groups is 2. The first kappa shape index (κ1) is 30.4. The van der Waals surface area contributed by atoms with Gasteiger partial charge < -0.3 is 11.5 Å². The molecule has 7 aromatic carbocycles. The lowest BCUT2D eigenvalue weighted by atomic mass is 9.92. The summed E-state index contributed by atoms with van der Waals surface area (Å²) in [4.78, 5) is 9.80. The zero-order valence-corrected chi connectivity index (χ0v) is 26.8. The molecule has 0 spiro atoms. The molecule has 0 saturated carbocycles. The lowest BCUT2D eigenvalue weighted by molar-refractivity contribution is 1.06. The number of nitrogens with two attached hydrogens (primary N) is 2. The standard InChI is InChI=1S/C44H36N4/c1-2-31(26-27-45)32-16-20-34(21-17-32)43(46)48-44(47-29-30-10-4-3-5-11-30)35-22-18-33(19-23-35)36-24-25-41-39-14-7-6-12-37(39)38-13-8-9-15-40(38)42(41)28-36/h2-28H,29,45H2,1H3,(H2,46,47,48)/b27-26-,31-2+. The van der Waals surface area contributed by atoms with Gasteiger partial charge in [-0.25, -0.2) is 4.99 Å². The third-order valence-electron chi connectivity index (χ3n) is 8.80. The molecule has 7 rings (SSSR count). The van der Waals surface area contributed by atoms with Crippen molar-refractivity contribution in [3.8, 4) is 11.1 Å². The van der Waals surface area contributed by atoms with E-state index >= 15 is 0 Å². The van der Waals surface area contributed by atoms with Crippen LogP contribution in [0.5, 0.6) is 0 Å². The normalized spacial score (nSPS) is 12.8. The highest BCUT2D eigenvalue weighted by atomic mass is 15.0. The Labute approximate surface area is 281 Å².